The summed E-state index contributed by atoms with van der Waals surface area (Å²) in [6.07, 6.45) is 7.58. The molecule has 1 aliphatic rings. The Morgan fingerprint density at radius 2 is 2.10 bits per heavy atom. The third-order valence-corrected chi connectivity index (χ3v) is 4.93. The molecule has 1 atom stereocenters. The molecule has 4 aromatic rings. The molecular weight excluding hydrogens is 370 g/mol. The van der Waals surface area contributed by atoms with Gasteiger partial charge in [0, 0.05) is 32.5 Å². The van der Waals surface area contributed by atoms with Gasteiger partial charge in [-0.15, -0.1) is 0 Å². The molecule has 0 radical (unpaired) electrons. The largest absolute Gasteiger partial charge is 0.391 e. The molecule has 5 heterocycles. The summed E-state index contributed by atoms with van der Waals surface area (Å²) >= 11 is 0. The van der Waals surface area contributed by atoms with Crippen molar-refractivity contribution >= 4 is 28.5 Å². The van der Waals surface area contributed by atoms with E-state index in [0.29, 0.717) is 19.0 Å². The Balaban J connectivity index is 1.39. The minimum atomic E-state index is -0.280. The van der Waals surface area contributed by atoms with Crippen LogP contribution < -0.4 is 10.2 Å². The average Bonchev–Trinajstić information content (AvgIpc) is 3.43. The van der Waals surface area contributed by atoms with E-state index in [9.17, 15) is 5.11 Å². The molecule has 10 heteroatoms. The van der Waals surface area contributed by atoms with Crippen LogP contribution in [0.1, 0.15) is 12.1 Å². The molecule has 5 rings (SSSR count). The number of anilines is 3. The predicted molar refractivity (Wildman–Crippen MR) is 108 cm³/mol. The number of nitrogens with one attached hydrogen (secondary N) is 1. The smallest absolute Gasteiger partial charge is 0.229 e. The molecule has 0 aromatic carbocycles. The fraction of sp³-hybridized carbons (Fsp3) is 0.316. The number of rotatable bonds is 5. The van der Waals surface area contributed by atoms with Crippen molar-refractivity contribution in [2.24, 2.45) is 7.05 Å². The van der Waals surface area contributed by atoms with Crippen molar-refractivity contribution in [2.45, 2.75) is 19.1 Å². The topological polar surface area (TPSA) is 110 Å². The molecule has 0 unspecified atom stereocenters. The zero-order chi connectivity index (χ0) is 19.8. The summed E-state index contributed by atoms with van der Waals surface area (Å²) < 4.78 is 3.53. The van der Waals surface area contributed by atoms with Gasteiger partial charge in [-0.1, -0.05) is 6.07 Å². The molecular formula is C19H21N9O. The lowest BCUT2D eigenvalue weighted by molar-refractivity contribution is 0.198. The van der Waals surface area contributed by atoms with Gasteiger partial charge in [0.15, 0.2) is 5.65 Å². The van der Waals surface area contributed by atoms with E-state index in [1.165, 1.54) is 0 Å². The SMILES string of the molecule is Cn1cc(Nc2ncc3cnn(Cc4cccc(N5CC[C@@H](O)C5)n4)c3n2)cn1. The maximum absolute atomic E-state index is 9.78. The van der Waals surface area contributed by atoms with Crippen LogP contribution in [0.5, 0.6) is 0 Å². The van der Waals surface area contributed by atoms with Crippen LogP contribution in [-0.2, 0) is 13.6 Å². The predicted octanol–water partition coefficient (Wildman–Crippen LogP) is 1.32. The Hall–Kier alpha value is -3.53. The van der Waals surface area contributed by atoms with Gasteiger partial charge in [-0.05, 0) is 18.6 Å². The highest BCUT2D eigenvalue weighted by atomic mass is 16.3. The van der Waals surface area contributed by atoms with Crippen LogP contribution in [0.2, 0.25) is 0 Å². The van der Waals surface area contributed by atoms with Crippen molar-refractivity contribution in [1.82, 2.24) is 34.5 Å². The van der Waals surface area contributed by atoms with Crippen LogP contribution in [0, 0.1) is 0 Å². The maximum Gasteiger partial charge on any atom is 0.229 e. The first kappa shape index (κ1) is 17.6. The van der Waals surface area contributed by atoms with Crippen molar-refractivity contribution in [3.63, 3.8) is 0 Å². The van der Waals surface area contributed by atoms with Crippen molar-refractivity contribution in [3.8, 4) is 0 Å². The Labute approximate surface area is 166 Å². The second-order valence-electron chi connectivity index (χ2n) is 7.18. The first-order valence-electron chi connectivity index (χ1n) is 9.47. The van der Waals surface area contributed by atoms with Crippen molar-refractivity contribution in [3.05, 3.63) is 48.7 Å². The fourth-order valence-corrected chi connectivity index (χ4v) is 3.49. The molecule has 1 saturated heterocycles. The van der Waals surface area contributed by atoms with Crippen molar-refractivity contribution in [2.75, 3.05) is 23.3 Å². The van der Waals surface area contributed by atoms with Gasteiger partial charge in [0.05, 0.1) is 41.8 Å². The minimum absolute atomic E-state index is 0.280. The Kier molecular flexibility index (Phi) is 4.32. The van der Waals surface area contributed by atoms with E-state index >= 15 is 0 Å². The number of aliphatic hydroxyl groups excluding tert-OH is 1. The van der Waals surface area contributed by atoms with E-state index in [1.807, 2.05) is 36.1 Å². The zero-order valence-electron chi connectivity index (χ0n) is 16.0. The molecule has 0 bridgehead atoms. The summed E-state index contributed by atoms with van der Waals surface area (Å²) in [7, 11) is 1.86. The van der Waals surface area contributed by atoms with Gasteiger partial charge in [-0.25, -0.2) is 14.6 Å². The van der Waals surface area contributed by atoms with Crippen LogP contribution >= 0.6 is 0 Å². The molecule has 1 aliphatic heterocycles. The molecule has 0 saturated carbocycles. The Bertz CT molecular complexity index is 1150. The monoisotopic (exact) mass is 391 g/mol. The van der Waals surface area contributed by atoms with E-state index < -0.39 is 0 Å². The highest BCUT2D eigenvalue weighted by Crippen LogP contribution is 2.20. The lowest BCUT2D eigenvalue weighted by atomic mass is 10.3. The van der Waals surface area contributed by atoms with E-state index in [1.54, 1.807) is 23.3 Å². The number of fused-ring (bicyclic) bond motifs is 1. The normalized spacial score (nSPS) is 16.6. The van der Waals surface area contributed by atoms with Gasteiger partial charge in [0.25, 0.3) is 0 Å². The summed E-state index contributed by atoms with van der Waals surface area (Å²) in [5, 5.41) is 22.4. The van der Waals surface area contributed by atoms with E-state index in [2.05, 4.69) is 30.4 Å². The Morgan fingerprint density at radius 1 is 1.17 bits per heavy atom. The van der Waals surface area contributed by atoms with Gasteiger partial charge in [0.2, 0.25) is 5.95 Å². The molecule has 2 N–H and O–H groups in total. The highest BCUT2D eigenvalue weighted by molar-refractivity contribution is 5.75. The van der Waals surface area contributed by atoms with E-state index in [0.717, 1.165) is 41.2 Å². The van der Waals surface area contributed by atoms with Gasteiger partial charge in [-0.3, -0.25) is 4.68 Å². The van der Waals surface area contributed by atoms with E-state index in [-0.39, 0.29) is 6.10 Å². The molecule has 4 aromatic heterocycles. The zero-order valence-corrected chi connectivity index (χ0v) is 16.0. The summed E-state index contributed by atoms with van der Waals surface area (Å²) in [6.45, 7) is 1.94. The molecule has 10 nitrogen and oxygen atoms in total. The second kappa shape index (κ2) is 7.13. The van der Waals surface area contributed by atoms with Crippen molar-refractivity contribution in [1.29, 1.82) is 0 Å². The molecule has 0 aliphatic carbocycles. The fourth-order valence-electron chi connectivity index (χ4n) is 3.49. The first-order valence-corrected chi connectivity index (χ1v) is 9.47. The molecule has 0 amide bonds. The van der Waals surface area contributed by atoms with Crippen LogP contribution in [-0.4, -0.2) is 58.8 Å². The third-order valence-electron chi connectivity index (χ3n) is 4.93. The van der Waals surface area contributed by atoms with Gasteiger partial charge in [-0.2, -0.15) is 15.2 Å². The van der Waals surface area contributed by atoms with Gasteiger partial charge < -0.3 is 15.3 Å². The Morgan fingerprint density at radius 3 is 2.90 bits per heavy atom. The highest BCUT2D eigenvalue weighted by Gasteiger charge is 2.21. The standard InChI is InChI=1S/C19H21N9O/c1-26-10-15(9-21-26)24-19-20-7-13-8-22-28(18(13)25-19)11-14-3-2-4-17(23-14)27-6-5-16(29)12-27/h2-4,7-10,16,29H,5-6,11-12H2,1H3,(H,20,24,25)/t16-/m1/s1. The number of aryl methyl sites for hydroxylation is 1. The number of β-amino-alcohol motifs (C(OH)–C–C–N with tert-alkyl or cyclic N) is 1. The van der Waals surface area contributed by atoms with Crippen molar-refractivity contribution < 1.29 is 5.11 Å². The van der Waals surface area contributed by atoms with Crippen LogP contribution in [0.15, 0.2) is 43.0 Å². The van der Waals surface area contributed by atoms with Crippen LogP contribution in [0.3, 0.4) is 0 Å². The quantitative estimate of drug-likeness (QED) is 0.524. The third kappa shape index (κ3) is 3.61. The number of pyridine rings is 1. The molecule has 1 fully saturated rings. The number of aliphatic hydroxyl groups is 1. The lowest BCUT2D eigenvalue weighted by Crippen LogP contribution is -2.22. The van der Waals surface area contributed by atoms with Crippen LogP contribution in [0.4, 0.5) is 17.5 Å². The van der Waals surface area contributed by atoms with Crippen LogP contribution in [0.25, 0.3) is 11.0 Å². The summed E-state index contributed by atoms with van der Waals surface area (Å²) in [6, 6.07) is 5.93. The van der Waals surface area contributed by atoms with Gasteiger partial charge in [0.1, 0.15) is 5.82 Å². The summed E-state index contributed by atoms with van der Waals surface area (Å²) in [5.74, 6) is 1.36. The minimum Gasteiger partial charge on any atom is -0.391 e. The number of nitrogens with zero attached hydrogens (tertiary/aromatic N) is 8. The summed E-state index contributed by atoms with van der Waals surface area (Å²) in [5.41, 5.74) is 2.43. The summed E-state index contributed by atoms with van der Waals surface area (Å²) in [4.78, 5) is 15.8. The number of hydrogen-bond acceptors (Lipinski definition) is 8. The first-order chi connectivity index (χ1) is 14.1. The lowest BCUT2D eigenvalue weighted by Gasteiger charge is -2.17. The van der Waals surface area contributed by atoms with Gasteiger partial charge >= 0.3 is 0 Å². The number of hydrogen-bond donors (Lipinski definition) is 2. The number of aromatic nitrogens is 7. The molecule has 148 valence electrons. The van der Waals surface area contributed by atoms with E-state index in [4.69, 9.17) is 4.98 Å². The molecule has 29 heavy (non-hydrogen) atoms. The average molecular weight is 391 g/mol. The molecule has 0 spiro atoms. The second-order valence-corrected chi connectivity index (χ2v) is 7.18. The maximum atomic E-state index is 9.78.